The van der Waals surface area contributed by atoms with Gasteiger partial charge in [-0.15, -0.1) is 0 Å². The highest BCUT2D eigenvalue weighted by molar-refractivity contribution is 5.74. The first-order valence-electron chi connectivity index (χ1n) is 7.05. The van der Waals surface area contributed by atoms with Crippen molar-refractivity contribution in [3.05, 3.63) is 11.6 Å². The van der Waals surface area contributed by atoms with Crippen molar-refractivity contribution in [3.8, 4) is 0 Å². The molecule has 3 heteroatoms. The third kappa shape index (κ3) is 1.37. The molecule has 0 radical (unpaired) electrons. The molecule has 1 N–H and O–H groups in total. The predicted octanol–water partition coefficient (Wildman–Crippen LogP) is 2.29. The fraction of sp³-hybridized carbons (Fsp3) is 0.800. The van der Waals surface area contributed by atoms with Gasteiger partial charge in [0.15, 0.2) is 6.10 Å². The van der Waals surface area contributed by atoms with Crippen molar-refractivity contribution in [2.24, 2.45) is 23.7 Å². The first-order valence-corrected chi connectivity index (χ1v) is 7.05. The molecule has 0 aromatic rings. The molecule has 0 bridgehead atoms. The van der Waals surface area contributed by atoms with Gasteiger partial charge in [0.1, 0.15) is 5.60 Å². The topological polar surface area (TPSA) is 46.5 Å². The molecule has 2 aliphatic carbocycles. The molecule has 1 aliphatic heterocycles. The quantitative estimate of drug-likeness (QED) is 0.530. The summed E-state index contributed by atoms with van der Waals surface area (Å²) in [5.41, 5.74) is 0.192. The van der Waals surface area contributed by atoms with Crippen molar-refractivity contribution in [3.63, 3.8) is 0 Å². The van der Waals surface area contributed by atoms with E-state index in [1.807, 2.05) is 13.8 Å². The van der Waals surface area contributed by atoms with E-state index in [0.717, 1.165) is 24.8 Å². The lowest BCUT2D eigenvalue weighted by molar-refractivity contribution is -0.233. The Kier molecular flexibility index (Phi) is 2.60. The minimum atomic E-state index is -0.830. The van der Waals surface area contributed by atoms with Crippen LogP contribution in [0.25, 0.3) is 0 Å². The molecule has 6 atom stereocenters. The lowest BCUT2D eigenvalue weighted by Gasteiger charge is -2.57. The fourth-order valence-electron chi connectivity index (χ4n) is 4.43. The average Bonchev–Trinajstić information content (AvgIpc) is 2.31. The summed E-state index contributed by atoms with van der Waals surface area (Å²) in [5, 5.41) is 11.3. The summed E-state index contributed by atoms with van der Waals surface area (Å²) in [6, 6.07) is 0. The number of rotatable bonds is 0. The van der Waals surface area contributed by atoms with Gasteiger partial charge in [-0.05, 0) is 43.6 Å². The van der Waals surface area contributed by atoms with Crippen LogP contribution in [-0.4, -0.2) is 22.8 Å². The van der Waals surface area contributed by atoms with Crippen molar-refractivity contribution in [1.82, 2.24) is 0 Å². The normalized spacial score (nSPS) is 51.2. The highest BCUT2D eigenvalue weighted by Gasteiger charge is 2.62. The second kappa shape index (κ2) is 3.83. The first kappa shape index (κ1) is 12.2. The summed E-state index contributed by atoms with van der Waals surface area (Å²) in [7, 11) is 0. The highest BCUT2D eigenvalue weighted by Crippen LogP contribution is 2.54. The number of allylic oxidation sites excluding steroid dienone is 1. The molecule has 3 nitrogen and oxygen atoms in total. The Bertz CT molecular complexity index is 414. The van der Waals surface area contributed by atoms with Gasteiger partial charge in [-0.1, -0.05) is 19.9 Å². The monoisotopic (exact) mass is 250 g/mol. The van der Waals surface area contributed by atoms with Crippen molar-refractivity contribution in [2.45, 2.75) is 51.7 Å². The Hall–Kier alpha value is -0.830. The molecule has 1 heterocycles. The van der Waals surface area contributed by atoms with E-state index in [-0.39, 0.29) is 23.7 Å². The Morgan fingerprint density at radius 2 is 2.06 bits per heavy atom. The Labute approximate surface area is 108 Å². The number of carbonyl (C=O) groups is 1. The van der Waals surface area contributed by atoms with Gasteiger partial charge in [0, 0.05) is 5.92 Å². The lowest BCUT2D eigenvalue weighted by atomic mass is 9.54. The molecule has 0 spiro atoms. The van der Waals surface area contributed by atoms with Crippen LogP contribution in [0.15, 0.2) is 11.6 Å². The Morgan fingerprint density at radius 3 is 2.78 bits per heavy atom. The molecular weight excluding hydrogens is 228 g/mol. The number of ether oxygens (including phenoxy) is 1. The molecule has 1 saturated heterocycles. The van der Waals surface area contributed by atoms with Crippen molar-refractivity contribution < 1.29 is 14.6 Å². The van der Waals surface area contributed by atoms with E-state index in [9.17, 15) is 9.90 Å². The van der Waals surface area contributed by atoms with Crippen LogP contribution in [-0.2, 0) is 9.53 Å². The molecule has 3 aliphatic rings. The molecule has 0 aromatic heterocycles. The third-order valence-corrected chi connectivity index (χ3v) is 5.54. The molecule has 0 unspecified atom stereocenters. The van der Waals surface area contributed by atoms with Gasteiger partial charge in [0.25, 0.3) is 0 Å². The number of aliphatic hydroxyl groups is 1. The fourth-order valence-corrected chi connectivity index (χ4v) is 4.43. The van der Waals surface area contributed by atoms with E-state index in [4.69, 9.17) is 4.74 Å². The smallest absolute Gasteiger partial charge is 0.309 e. The van der Waals surface area contributed by atoms with Crippen molar-refractivity contribution >= 4 is 5.97 Å². The van der Waals surface area contributed by atoms with Crippen molar-refractivity contribution in [2.75, 3.05) is 0 Å². The predicted molar refractivity (Wildman–Crippen MR) is 67.7 cm³/mol. The largest absolute Gasteiger partial charge is 0.455 e. The molecule has 0 aromatic carbocycles. The van der Waals surface area contributed by atoms with E-state index in [2.05, 4.69) is 13.0 Å². The van der Waals surface area contributed by atoms with E-state index < -0.39 is 11.7 Å². The first-order chi connectivity index (χ1) is 8.46. The zero-order valence-corrected chi connectivity index (χ0v) is 11.3. The van der Waals surface area contributed by atoms with Gasteiger partial charge in [0.05, 0.1) is 5.92 Å². The minimum absolute atomic E-state index is 0.0635. The van der Waals surface area contributed by atoms with E-state index in [1.165, 1.54) is 0 Å². The van der Waals surface area contributed by atoms with Crippen LogP contribution in [0, 0.1) is 23.7 Å². The molecule has 0 amide bonds. The van der Waals surface area contributed by atoms with Crippen LogP contribution in [0.2, 0.25) is 0 Å². The van der Waals surface area contributed by atoms with Crippen LogP contribution in [0.1, 0.15) is 40.0 Å². The number of hydrogen-bond acceptors (Lipinski definition) is 3. The summed E-state index contributed by atoms with van der Waals surface area (Å²) < 4.78 is 5.55. The maximum atomic E-state index is 12.0. The van der Waals surface area contributed by atoms with Crippen LogP contribution in [0.5, 0.6) is 0 Å². The van der Waals surface area contributed by atoms with Gasteiger partial charge in [-0.25, -0.2) is 0 Å². The molecule has 2 fully saturated rings. The summed E-state index contributed by atoms with van der Waals surface area (Å²) in [5.74, 6) is 0.487. The van der Waals surface area contributed by atoms with Gasteiger partial charge in [-0.3, -0.25) is 4.79 Å². The highest BCUT2D eigenvalue weighted by atomic mass is 16.6. The lowest BCUT2D eigenvalue weighted by Crippen LogP contribution is -2.66. The van der Waals surface area contributed by atoms with Crippen molar-refractivity contribution in [1.29, 1.82) is 0 Å². The zero-order valence-electron chi connectivity index (χ0n) is 11.3. The standard InChI is InChI=1S/C15H22O3/c1-8-4-7-12-10(3)14(16)18-13-9(2)5-6-11(8)15(12,13)17/h5,8,10-13,17H,4,6-7H2,1-3H3/t8-,10-,11+,12+,13-,15-/m1/s1. The van der Waals surface area contributed by atoms with Crippen LogP contribution < -0.4 is 0 Å². The Balaban J connectivity index is 2.09. The average molecular weight is 250 g/mol. The molecule has 3 rings (SSSR count). The summed E-state index contributed by atoms with van der Waals surface area (Å²) in [4.78, 5) is 12.0. The number of carbonyl (C=O) groups excluding carboxylic acids is 1. The van der Waals surface area contributed by atoms with Gasteiger partial charge >= 0.3 is 5.97 Å². The number of hydrogen-bond donors (Lipinski definition) is 1. The molecular formula is C15H22O3. The summed E-state index contributed by atoms with van der Waals surface area (Å²) in [6.45, 7) is 6.09. The van der Waals surface area contributed by atoms with Crippen LogP contribution >= 0.6 is 0 Å². The van der Waals surface area contributed by atoms with Crippen LogP contribution in [0.4, 0.5) is 0 Å². The molecule has 18 heavy (non-hydrogen) atoms. The maximum absolute atomic E-state index is 12.0. The SMILES string of the molecule is CC1=CC[C@H]2[C@H](C)CC[C@H]3[C@@H](C)C(=O)O[C@H]1[C@@]23O. The third-order valence-electron chi connectivity index (χ3n) is 5.54. The summed E-state index contributed by atoms with van der Waals surface area (Å²) in [6.07, 6.45) is 4.70. The second-order valence-corrected chi connectivity index (χ2v) is 6.44. The van der Waals surface area contributed by atoms with Crippen LogP contribution in [0.3, 0.4) is 0 Å². The van der Waals surface area contributed by atoms with Gasteiger partial charge in [0.2, 0.25) is 0 Å². The van der Waals surface area contributed by atoms with Gasteiger partial charge < -0.3 is 9.84 Å². The zero-order chi connectivity index (χ0) is 13.1. The maximum Gasteiger partial charge on any atom is 0.309 e. The number of esters is 1. The van der Waals surface area contributed by atoms with E-state index in [1.54, 1.807) is 0 Å². The minimum Gasteiger partial charge on any atom is -0.455 e. The molecule has 1 saturated carbocycles. The molecule has 100 valence electrons. The van der Waals surface area contributed by atoms with Gasteiger partial charge in [-0.2, -0.15) is 0 Å². The Morgan fingerprint density at radius 1 is 1.33 bits per heavy atom. The second-order valence-electron chi connectivity index (χ2n) is 6.44. The van der Waals surface area contributed by atoms with E-state index >= 15 is 0 Å². The summed E-state index contributed by atoms with van der Waals surface area (Å²) >= 11 is 0. The van der Waals surface area contributed by atoms with E-state index in [0.29, 0.717) is 5.92 Å².